The van der Waals surface area contributed by atoms with Crippen LogP contribution in [0.15, 0.2) is 54.6 Å². The molecule has 0 aliphatic heterocycles. The quantitative estimate of drug-likeness (QED) is 0.660. The van der Waals surface area contributed by atoms with Crippen LogP contribution in [0.3, 0.4) is 0 Å². The summed E-state index contributed by atoms with van der Waals surface area (Å²) in [5.41, 5.74) is 0.930. The third-order valence-electron chi connectivity index (χ3n) is 3.79. The second-order valence-electron chi connectivity index (χ2n) is 6.15. The summed E-state index contributed by atoms with van der Waals surface area (Å²) >= 11 is 0. The Kier molecular flexibility index (Phi) is 7.74. The Morgan fingerprint density at radius 2 is 1.69 bits per heavy atom. The molecule has 2 rings (SSSR count). The number of ether oxygens (including phenoxy) is 2. The van der Waals surface area contributed by atoms with E-state index in [1.54, 1.807) is 48.5 Å². The van der Waals surface area contributed by atoms with Crippen molar-refractivity contribution in [1.82, 2.24) is 5.32 Å². The lowest BCUT2D eigenvalue weighted by molar-refractivity contribution is -0.155. The molecular formula is C21H21N3O5. The van der Waals surface area contributed by atoms with Crippen molar-refractivity contribution < 1.29 is 23.9 Å². The van der Waals surface area contributed by atoms with Crippen LogP contribution in [-0.2, 0) is 19.1 Å². The van der Waals surface area contributed by atoms with Crippen molar-refractivity contribution >= 4 is 23.5 Å². The van der Waals surface area contributed by atoms with Gasteiger partial charge in [0.15, 0.2) is 12.7 Å². The third-order valence-corrected chi connectivity index (χ3v) is 3.79. The Morgan fingerprint density at radius 3 is 2.31 bits per heavy atom. The van der Waals surface area contributed by atoms with Crippen molar-refractivity contribution in [3.05, 3.63) is 60.2 Å². The van der Waals surface area contributed by atoms with Crippen molar-refractivity contribution in [3.8, 4) is 11.8 Å². The van der Waals surface area contributed by atoms with Crippen LogP contribution in [-0.4, -0.2) is 36.5 Å². The van der Waals surface area contributed by atoms with Gasteiger partial charge < -0.3 is 20.1 Å². The number of nitrogens with one attached hydrogen (secondary N) is 2. The van der Waals surface area contributed by atoms with Gasteiger partial charge in [-0.15, -0.1) is 0 Å². The number of hydrogen-bond donors (Lipinski definition) is 2. The maximum absolute atomic E-state index is 12.1. The Bertz CT molecular complexity index is 891. The van der Waals surface area contributed by atoms with Crippen LogP contribution in [0.2, 0.25) is 0 Å². The van der Waals surface area contributed by atoms with Crippen molar-refractivity contribution in [3.63, 3.8) is 0 Å². The first-order valence-corrected chi connectivity index (χ1v) is 8.87. The average Bonchev–Trinajstić information content (AvgIpc) is 2.73. The van der Waals surface area contributed by atoms with E-state index in [1.807, 2.05) is 12.1 Å². The fourth-order valence-corrected chi connectivity index (χ4v) is 2.21. The lowest BCUT2D eigenvalue weighted by Gasteiger charge is -2.17. The molecule has 0 aliphatic carbocycles. The highest BCUT2D eigenvalue weighted by Gasteiger charge is 2.23. The van der Waals surface area contributed by atoms with Gasteiger partial charge in [-0.05, 0) is 50.2 Å². The van der Waals surface area contributed by atoms with E-state index in [0.29, 0.717) is 17.0 Å². The minimum Gasteiger partial charge on any atom is -0.484 e. The van der Waals surface area contributed by atoms with E-state index in [4.69, 9.17) is 14.7 Å². The number of nitriles is 1. The van der Waals surface area contributed by atoms with E-state index in [-0.39, 0.29) is 6.61 Å². The van der Waals surface area contributed by atoms with Gasteiger partial charge in [-0.1, -0.05) is 18.2 Å². The molecule has 2 aromatic rings. The zero-order valence-electron chi connectivity index (χ0n) is 16.0. The first-order chi connectivity index (χ1) is 13.9. The lowest BCUT2D eigenvalue weighted by Crippen LogP contribution is -2.44. The van der Waals surface area contributed by atoms with E-state index < -0.39 is 29.9 Å². The number of esters is 1. The molecule has 150 valence electrons. The van der Waals surface area contributed by atoms with Gasteiger partial charge in [-0.25, -0.2) is 4.79 Å². The molecule has 0 heterocycles. The van der Waals surface area contributed by atoms with E-state index >= 15 is 0 Å². The van der Waals surface area contributed by atoms with Crippen molar-refractivity contribution in [2.75, 3.05) is 11.9 Å². The molecule has 0 radical (unpaired) electrons. The van der Waals surface area contributed by atoms with E-state index in [0.717, 1.165) is 0 Å². The minimum absolute atomic E-state index is 0.254. The molecule has 0 saturated heterocycles. The van der Waals surface area contributed by atoms with E-state index in [9.17, 15) is 14.4 Å². The summed E-state index contributed by atoms with van der Waals surface area (Å²) in [5.74, 6) is -1.24. The summed E-state index contributed by atoms with van der Waals surface area (Å²) in [6, 6.07) is 16.1. The highest BCUT2D eigenvalue weighted by molar-refractivity contribution is 5.95. The second kappa shape index (κ2) is 10.5. The van der Waals surface area contributed by atoms with Gasteiger partial charge in [-0.3, -0.25) is 9.59 Å². The normalized spacial score (nSPS) is 12.0. The molecule has 0 spiro atoms. The largest absolute Gasteiger partial charge is 0.484 e. The molecule has 0 unspecified atom stereocenters. The molecule has 2 atom stereocenters. The minimum atomic E-state index is -1.07. The summed E-state index contributed by atoms with van der Waals surface area (Å²) in [6.45, 7) is 2.62. The number of para-hydroxylation sites is 1. The molecule has 0 saturated carbocycles. The molecule has 2 aromatic carbocycles. The SMILES string of the molecule is C[C@H](NC(=O)COc1ccccc1)C(=O)O[C@H](C)C(=O)Nc1ccc(C#N)cc1. The van der Waals surface area contributed by atoms with Crippen molar-refractivity contribution in [1.29, 1.82) is 5.26 Å². The number of benzene rings is 2. The molecule has 0 fully saturated rings. The van der Waals surface area contributed by atoms with Crippen LogP contribution in [0.1, 0.15) is 19.4 Å². The number of anilines is 1. The van der Waals surface area contributed by atoms with Gasteiger partial charge in [0.25, 0.3) is 11.8 Å². The van der Waals surface area contributed by atoms with Crippen molar-refractivity contribution in [2.24, 2.45) is 0 Å². The van der Waals surface area contributed by atoms with Crippen LogP contribution in [0, 0.1) is 11.3 Å². The number of rotatable bonds is 8. The average molecular weight is 395 g/mol. The van der Waals surface area contributed by atoms with E-state index in [2.05, 4.69) is 10.6 Å². The lowest BCUT2D eigenvalue weighted by atomic mass is 10.2. The van der Waals surface area contributed by atoms with Crippen LogP contribution in [0.4, 0.5) is 5.69 Å². The Morgan fingerprint density at radius 1 is 1.03 bits per heavy atom. The second-order valence-corrected chi connectivity index (χ2v) is 6.15. The Labute approximate surface area is 168 Å². The topological polar surface area (TPSA) is 118 Å². The number of carbonyl (C=O) groups is 3. The predicted octanol–water partition coefficient (Wildman–Crippen LogP) is 2.01. The number of nitrogens with zero attached hydrogens (tertiary/aromatic N) is 1. The Hall–Kier alpha value is -3.86. The van der Waals surface area contributed by atoms with Crippen LogP contribution in [0.5, 0.6) is 5.75 Å². The third kappa shape index (κ3) is 6.99. The molecular weight excluding hydrogens is 374 g/mol. The van der Waals surface area contributed by atoms with Crippen LogP contribution < -0.4 is 15.4 Å². The zero-order valence-corrected chi connectivity index (χ0v) is 16.0. The zero-order chi connectivity index (χ0) is 21.2. The van der Waals surface area contributed by atoms with Crippen LogP contribution >= 0.6 is 0 Å². The number of amides is 2. The highest BCUT2D eigenvalue weighted by Crippen LogP contribution is 2.10. The molecule has 0 aromatic heterocycles. The molecule has 29 heavy (non-hydrogen) atoms. The van der Waals surface area contributed by atoms with Gasteiger partial charge >= 0.3 is 5.97 Å². The monoisotopic (exact) mass is 395 g/mol. The molecule has 0 aliphatic rings. The molecule has 2 N–H and O–H groups in total. The summed E-state index contributed by atoms with van der Waals surface area (Å²) < 4.78 is 10.4. The standard InChI is InChI=1S/C21H21N3O5/c1-14(23-19(25)13-28-18-6-4-3-5-7-18)21(27)29-15(2)20(26)24-17-10-8-16(12-22)9-11-17/h3-11,14-15H,13H2,1-2H3,(H,23,25)(H,24,26)/t14-,15+/m0/s1. The van der Waals surface area contributed by atoms with Gasteiger partial charge in [0.05, 0.1) is 11.6 Å². The molecule has 8 heteroatoms. The van der Waals surface area contributed by atoms with E-state index in [1.165, 1.54) is 13.8 Å². The van der Waals surface area contributed by atoms with Gasteiger partial charge in [0.1, 0.15) is 11.8 Å². The summed E-state index contributed by atoms with van der Waals surface area (Å²) in [7, 11) is 0. The smallest absolute Gasteiger partial charge is 0.329 e. The fraction of sp³-hybridized carbons (Fsp3) is 0.238. The van der Waals surface area contributed by atoms with Crippen molar-refractivity contribution in [2.45, 2.75) is 26.0 Å². The summed E-state index contributed by atoms with van der Waals surface area (Å²) in [6.07, 6.45) is -1.07. The molecule has 2 amide bonds. The maximum atomic E-state index is 12.1. The summed E-state index contributed by atoms with van der Waals surface area (Å²) in [5, 5.41) is 13.8. The molecule has 0 bridgehead atoms. The van der Waals surface area contributed by atoms with Crippen LogP contribution in [0.25, 0.3) is 0 Å². The first kappa shape index (κ1) is 21.4. The summed E-state index contributed by atoms with van der Waals surface area (Å²) in [4.78, 5) is 36.2. The van der Waals surface area contributed by atoms with Gasteiger partial charge in [0.2, 0.25) is 0 Å². The fourth-order valence-electron chi connectivity index (χ4n) is 2.21. The molecule has 8 nitrogen and oxygen atoms in total. The maximum Gasteiger partial charge on any atom is 0.329 e. The highest BCUT2D eigenvalue weighted by atomic mass is 16.5. The first-order valence-electron chi connectivity index (χ1n) is 8.87. The Balaban J connectivity index is 1.77. The van der Waals surface area contributed by atoms with Gasteiger partial charge in [-0.2, -0.15) is 5.26 Å². The van der Waals surface area contributed by atoms with Gasteiger partial charge in [0, 0.05) is 5.69 Å². The predicted molar refractivity (Wildman–Crippen MR) is 105 cm³/mol. The number of carbonyl (C=O) groups excluding carboxylic acids is 3. The number of hydrogen-bond acceptors (Lipinski definition) is 6.